The van der Waals surface area contributed by atoms with Gasteiger partial charge in [0.1, 0.15) is 5.82 Å². The summed E-state index contributed by atoms with van der Waals surface area (Å²) in [5.41, 5.74) is 5.45. The highest BCUT2D eigenvalue weighted by Gasteiger charge is 2.28. The topological polar surface area (TPSA) is 56.7 Å². The number of nitrogens with two attached hydrogens (primary N) is 1. The van der Waals surface area contributed by atoms with E-state index < -0.39 is 0 Å². The molecule has 0 atom stereocenters. The molecule has 0 radical (unpaired) electrons. The van der Waals surface area contributed by atoms with Gasteiger partial charge in [0.2, 0.25) is 0 Å². The summed E-state index contributed by atoms with van der Waals surface area (Å²) in [6.07, 6.45) is 5.74. The summed E-state index contributed by atoms with van der Waals surface area (Å²) in [6.45, 7) is 0.771. The molecule has 0 amide bonds. The van der Waals surface area contributed by atoms with Crippen LogP contribution < -0.4 is 5.73 Å². The van der Waals surface area contributed by atoms with Gasteiger partial charge in [-0.1, -0.05) is 0 Å². The number of unbranched alkanes of at least 4 members (excludes halogenated alkanes) is 1. The molecule has 1 aliphatic carbocycles. The minimum atomic E-state index is 0.657. The number of aromatic nitrogens is 3. The fourth-order valence-electron chi connectivity index (χ4n) is 1.60. The molecule has 0 unspecified atom stereocenters. The zero-order valence-corrected chi connectivity index (χ0v) is 8.74. The maximum Gasteiger partial charge on any atom is 0.154 e. The van der Waals surface area contributed by atoms with Crippen molar-refractivity contribution in [2.75, 3.05) is 6.54 Å². The number of rotatable bonds is 5. The molecule has 1 aromatic rings. The first-order valence-electron chi connectivity index (χ1n) is 5.41. The Morgan fingerprint density at radius 3 is 2.86 bits per heavy atom. The van der Waals surface area contributed by atoms with Gasteiger partial charge in [0.15, 0.2) is 5.82 Å². The lowest BCUT2D eigenvalue weighted by Gasteiger charge is -1.97. The lowest BCUT2D eigenvalue weighted by molar-refractivity contribution is 0.650. The van der Waals surface area contributed by atoms with Gasteiger partial charge in [-0.2, -0.15) is 5.10 Å². The molecule has 1 heterocycles. The van der Waals surface area contributed by atoms with Gasteiger partial charge in [-0.3, -0.25) is 4.68 Å². The largest absolute Gasteiger partial charge is 0.330 e. The average molecular weight is 194 g/mol. The van der Waals surface area contributed by atoms with Crippen LogP contribution in [0.3, 0.4) is 0 Å². The molecule has 78 valence electrons. The molecule has 4 nitrogen and oxygen atoms in total. The first-order chi connectivity index (χ1) is 6.81. The van der Waals surface area contributed by atoms with Crippen molar-refractivity contribution in [3.63, 3.8) is 0 Å². The molecule has 0 aromatic carbocycles. The summed E-state index contributed by atoms with van der Waals surface area (Å²) in [7, 11) is 1.98. The molecule has 0 bridgehead atoms. The highest BCUT2D eigenvalue weighted by atomic mass is 15.3. The van der Waals surface area contributed by atoms with Gasteiger partial charge in [-0.15, -0.1) is 0 Å². The van der Waals surface area contributed by atoms with Crippen molar-refractivity contribution < 1.29 is 0 Å². The number of aryl methyl sites for hydroxylation is 2. The van der Waals surface area contributed by atoms with Crippen LogP contribution in [0.1, 0.15) is 43.3 Å². The Labute approximate surface area is 84.5 Å². The molecule has 2 rings (SSSR count). The molecule has 1 aromatic heterocycles. The van der Waals surface area contributed by atoms with E-state index in [0.717, 1.165) is 37.5 Å². The third-order valence-corrected chi connectivity index (χ3v) is 2.67. The Morgan fingerprint density at radius 1 is 1.43 bits per heavy atom. The van der Waals surface area contributed by atoms with Crippen LogP contribution >= 0.6 is 0 Å². The summed E-state index contributed by atoms with van der Waals surface area (Å²) < 4.78 is 1.92. The van der Waals surface area contributed by atoms with Crippen LogP contribution in [-0.2, 0) is 13.5 Å². The molecule has 1 fully saturated rings. The molecule has 0 saturated heterocycles. The van der Waals surface area contributed by atoms with E-state index in [2.05, 4.69) is 10.1 Å². The van der Waals surface area contributed by atoms with E-state index in [-0.39, 0.29) is 0 Å². The van der Waals surface area contributed by atoms with Crippen LogP contribution in [0.15, 0.2) is 0 Å². The monoisotopic (exact) mass is 194 g/mol. The van der Waals surface area contributed by atoms with E-state index in [9.17, 15) is 0 Å². The number of nitrogens with zero attached hydrogens (tertiary/aromatic N) is 3. The van der Waals surface area contributed by atoms with Gasteiger partial charge < -0.3 is 5.73 Å². The third kappa shape index (κ3) is 2.12. The Balaban J connectivity index is 1.94. The van der Waals surface area contributed by atoms with E-state index in [1.54, 1.807) is 0 Å². The molecule has 1 aliphatic rings. The van der Waals surface area contributed by atoms with E-state index >= 15 is 0 Å². The standard InChI is InChI=1S/C10H18N4/c1-14-9(4-2-3-7-11)12-10(13-14)8-5-6-8/h8H,2-7,11H2,1H3. The van der Waals surface area contributed by atoms with Crippen LogP contribution in [0.2, 0.25) is 0 Å². The van der Waals surface area contributed by atoms with Gasteiger partial charge in [0.05, 0.1) is 0 Å². The summed E-state index contributed by atoms with van der Waals surface area (Å²) in [4.78, 5) is 4.55. The van der Waals surface area contributed by atoms with Crippen molar-refractivity contribution in [2.45, 2.75) is 38.0 Å². The zero-order chi connectivity index (χ0) is 9.97. The predicted molar refractivity (Wildman–Crippen MR) is 55.0 cm³/mol. The van der Waals surface area contributed by atoms with E-state index in [4.69, 9.17) is 5.73 Å². The summed E-state index contributed by atoms with van der Waals surface area (Å²) >= 11 is 0. The van der Waals surface area contributed by atoms with Crippen molar-refractivity contribution in [1.82, 2.24) is 14.8 Å². The van der Waals surface area contributed by atoms with Gasteiger partial charge in [0, 0.05) is 19.4 Å². The first kappa shape index (κ1) is 9.65. The van der Waals surface area contributed by atoms with Gasteiger partial charge in [-0.05, 0) is 32.2 Å². The molecular formula is C10H18N4. The quantitative estimate of drug-likeness (QED) is 0.711. The second-order valence-corrected chi connectivity index (χ2v) is 4.03. The molecule has 0 aliphatic heterocycles. The minimum absolute atomic E-state index is 0.657. The molecule has 14 heavy (non-hydrogen) atoms. The number of hydrogen-bond donors (Lipinski definition) is 1. The molecule has 1 saturated carbocycles. The van der Waals surface area contributed by atoms with Crippen LogP contribution in [0.5, 0.6) is 0 Å². The number of hydrogen-bond acceptors (Lipinski definition) is 3. The maximum absolute atomic E-state index is 5.45. The van der Waals surface area contributed by atoms with Crippen molar-refractivity contribution in [3.8, 4) is 0 Å². The van der Waals surface area contributed by atoms with Crippen molar-refractivity contribution in [1.29, 1.82) is 0 Å². The predicted octanol–water partition coefficient (Wildman–Crippen LogP) is 0.974. The third-order valence-electron chi connectivity index (χ3n) is 2.67. The van der Waals surface area contributed by atoms with Crippen LogP contribution in [0.25, 0.3) is 0 Å². The van der Waals surface area contributed by atoms with Gasteiger partial charge in [-0.25, -0.2) is 4.98 Å². The fraction of sp³-hybridized carbons (Fsp3) is 0.800. The fourth-order valence-corrected chi connectivity index (χ4v) is 1.60. The SMILES string of the molecule is Cn1nc(C2CC2)nc1CCCCN. The molecule has 0 spiro atoms. The Morgan fingerprint density at radius 2 is 2.21 bits per heavy atom. The summed E-state index contributed by atoms with van der Waals surface area (Å²) in [5.74, 6) is 2.82. The zero-order valence-electron chi connectivity index (χ0n) is 8.74. The lowest BCUT2D eigenvalue weighted by Crippen LogP contribution is -2.03. The smallest absolute Gasteiger partial charge is 0.154 e. The lowest BCUT2D eigenvalue weighted by atomic mass is 10.2. The second-order valence-electron chi connectivity index (χ2n) is 4.03. The van der Waals surface area contributed by atoms with E-state index in [1.807, 2.05) is 11.7 Å². The Kier molecular flexibility index (Phi) is 2.82. The second kappa shape index (κ2) is 4.09. The normalized spacial score (nSPS) is 16.1. The summed E-state index contributed by atoms with van der Waals surface area (Å²) in [6, 6.07) is 0. The molecule has 4 heteroatoms. The average Bonchev–Trinajstić information content (AvgIpc) is 2.94. The highest BCUT2D eigenvalue weighted by molar-refractivity contribution is 5.05. The van der Waals surface area contributed by atoms with E-state index in [1.165, 1.54) is 12.8 Å². The maximum atomic E-state index is 5.45. The van der Waals surface area contributed by atoms with Gasteiger partial charge in [0.25, 0.3) is 0 Å². The Bertz CT molecular complexity index is 301. The highest BCUT2D eigenvalue weighted by Crippen LogP contribution is 2.38. The van der Waals surface area contributed by atoms with Crippen LogP contribution in [-0.4, -0.2) is 21.3 Å². The van der Waals surface area contributed by atoms with E-state index in [0.29, 0.717) is 5.92 Å². The minimum Gasteiger partial charge on any atom is -0.330 e. The first-order valence-corrected chi connectivity index (χ1v) is 5.41. The van der Waals surface area contributed by atoms with Crippen LogP contribution in [0, 0.1) is 0 Å². The summed E-state index contributed by atoms with van der Waals surface area (Å²) in [5, 5.41) is 4.43. The Hall–Kier alpha value is -0.900. The molecule has 2 N–H and O–H groups in total. The van der Waals surface area contributed by atoms with Crippen molar-refractivity contribution in [2.24, 2.45) is 12.8 Å². The van der Waals surface area contributed by atoms with Crippen molar-refractivity contribution in [3.05, 3.63) is 11.6 Å². The van der Waals surface area contributed by atoms with Gasteiger partial charge >= 0.3 is 0 Å². The van der Waals surface area contributed by atoms with Crippen LogP contribution in [0.4, 0.5) is 0 Å². The molecular weight excluding hydrogens is 176 g/mol. The van der Waals surface area contributed by atoms with Crippen molar-refractivity contribution >= 4 is 0 Å².